The van der Waals surface area contributed by atoms with E-state index in [2.05, 4.69) is 20.8 Å². The number of aryl methyl sites for hydroxylation is 1. The topological polar surface area (TPSA) is 142 Å². The Labute approximate surface area is 141 Å². The van der Waals surface area contributed by atoms with Gasteiger partial charge < -0.3 is 20.4 Å². The summed E-state index contributed by atoms with van der Waals surface area (Å²) < 4.78 is 11.7. The Hall–Kier alpha value is -2.13. The van der Waals surface area contributed by atoms with E-state index in [9.17, 15) is 23.9 Å². The molecular formula is C13H15N4O5PS. The summed E-state index contributed by atoms with van der Waals surface area (Å²) in [6, 6.07) is 6.51. The molecule has 0 radical (unpaired) electrons. The van der Waals surface area contributed by atoms with E-state index in [1.54, 1.807) is 24.3 Å². The number of benzene rings is 1. The predicted octanol–water partition coefficient (Wildman–Crippen LogP) is 1.41. The quantitative estimate of drug-likeness (QED) is 0.583. The number of hydrogen-bond donors (Lipinski definition) is 4. The molecule has 11 heteroatoms. The van der Waals surface area contributed by atoms with Gasteiger partial charge in [0.05, 0.1) is 0 Å². The van der Waals surface area contributed by atoms with E-state index in [0.717, 1.165) is 16.9 Å². The number of amides is 2. The molecule has 128 valence electrons. The van der Waals surface area contributed by atoms with Crippen molar-refractivity contribution in [1.29, 1.82) is 0 Å². The highest BCUT2D eigenvalue weighted by atomic mass is 32.1. The molecule has 0 aliphatic rings. The first-order chi connectivity index (χ1) is 11.2. The SMILES string of the molecule is CC(=O)Nc1nnc(C(NC(=O)c2ccc(C)cc2)P(=O)(O)O)s1. The first kappa shape index (κ1) is 18.2. The highest BCUT2D eigenvalue weighted by Gasteiger charge is 2.35. The van der Waals surface area contributed by atoms with Gasteiger partial charge in [-0.2, -0.15) is 0 Å². The maximum atomic E-state index is 12.2. The third kappa shape index (κ3) is 4.68. The van der Waals surface area contributed by atoms with E-state index in [4.69, 9.17) is 0 Å². The van der Waals surface area contributed by atoms with Crippen LogP contribution in [0.3, 0.4) is 0 Å². The molecule has 1 aromatic heterocycles. The third-order valence-electron chi connectivity index (χ3n) is 2.88. The molecule has 24 heavy (non-hydrogen) atoms. The van der Waals surface area contributed by atoms with Gasteiger partial charge in [0.15, 0.2) is 10.8 Å². The van der Waals surface area contributed by atoms with Crippen LogP contribution in [0, 0.1) is 6.92 Å². The molecular weight excluding hydrogens is 355 g/mol. The molecule has 1 atom stereocenters. The Balaban J connectivity index is 2.24. The minimum absolute atomic E-state index is 0.0838. The zero-order valence-corrected chi connectivity index (χ0v) is 14.5. The lowest BCUT2D eigenvalue weighted by Crippen LogP contribution is -2.28. The molecule has 0 fully saturated rings. The van der Waals surface area contributed by atoms with Gasteiger partial charge in [-0.1, -0.05) is 29.0 Å². The second kappa shape index (κ2) is 7.18. The first-order valence-corrected chi connectivity index (χ1v) is 9.20. The van der Waals surface area contributed by atoms with Gasteiger partial charge in [-0.3, -0.25) is 14.2 Å². The minimum atomic E-state index is -4.74. The Morgan fingerprint density at radius 2 is 1.83 bits per heavy atom. The number of carbonyl (C=O) groups excluding carboxylic acids is 2. The summed E-state index contributed by atoms with van der Waals surface area (Å²) in [7, 11) is -4.74. The van der Waals surface area contributed by atoms with E-state index < -0.39 is 25.2 Å². The van der Waals surface area contributed by atoms with Gasteiger partial charge in [0.1, 0.15) is 0 Å². The molecule has 0 bridgehead atoms. The van der Waals surface area contributed by atoms with Crippen LogP contribution in [-0.4, -0.2) is 31.8 Å². The third-order valence-corrected chi connectivity index (χ3v) is 5.00. The smallest absolute Gasteiger partial charge is 0.332 e. The summed E-state index contributed by atoms with van der Waals surface area (Å²) in [6.07, 6.45) is 0. The van der Waals surface area contributed by atoms with Crippen molar-refractivity contribution in [2.45, 2.75) is 19.6 Å². The van der Waals surface area contributed by atoms with E-state index in [1.165, 1.54) is 6.92 Å². The fourth-order valence-electron chi connectivity index (χ4n) is 1.75. The Bertz CT molecular complexity index is 801. The van der Waals surface area contributed by atoms with E-state index in [-0.39, 0.29) is 15.7 Å². The van der Waals surface area contributed by atoms with Crippen LogP contribution in [0.1, 0.15) is 33.6 Å². The summed E-state index contributed by atoms with van der Waals surface area (Å²) in [6.45, 7) is 3.12. The van der Waals surface area contributed by atoms with Crippen molar-refractivity contribution in [3.05, 3.63) is 40.4 Å². The molecule has 0 saturated carbocycles. The maximum Gasteiger partial charge on any atom is 0.354 e. The standard InChI is InChI=1S/C13H15N4O5PS/c1-7-3-5-9(6-4-7)10(19)15-11(23(20,21)22)12-16-17-13(24-12)14-8(2)18/h3-6,11H,1-2H3,(H,15,19)(H,14,17,18)(H2,20,21,22). The van der Waals surface area contributed by atoms with Gasteiger partial charge in [-0.25, -0.2) is 0 Å². The lowest BCUT2D eigenvalue weighted by atomic mass is 10.1. The maximum absolute atomic E-state index is 12.2. The van der Waals surface area contributed by atoms with Crippen LogP contribution in [0.2, 0.25) is 0 Å². The lowest BCUT2D eigenvalue weighted by molar-refractivity contribution is -0.114. The molecule has 9 nitrogen and oxygen atoms in total. The van der Waals surface area contributed by atoms with Crippen LogP contribution in [-0.2, 0) is 9.36 Å². The van der Waals surface area contributed by atoms with Gasteiger partial charge in [0.25, 0.3) is 5.91 Å². The van der Waals surface area contributed by atoms with Gasteiger partial charge in [0.2, 0.25) is 11.0 Å². The van der Waals surface area contributed by atoms with Crippen molar-refractivity contribution in [3.8, 4) is 0 Å². The number of aromatic nitrogens is 2. The summed E-state index contributed by atoms with van der Waals surface area (Å²) in [5.41, 5.74) is 1.20. The van der Waals surface area contributed by atoms with E-state index >= 15 is 0 Å². The van der Waals surface area contributed by atoms with Crippen molar-refractivity contribution in [3.63, 3.8) is 0 Å². The van der Waals surface area contributed by atoms with Gasteiger partial charge in [0, 0.05) is 12.5 Å². The number of carbonyl (C=O) groups is 2. The molecule has 1 aromatic carbocycles. The molecule has 1 unspecified atom stereocenters. The molecule has 2 rings (SSSR count). The minimum Gasteiger partial charge on any atom is -0.332 e. The highest BCUT2D eigenvalue weighted by molar-refractivity contribution is 7.52. The van der Waals surface area contributed by atoms with Crippen molar-refractivity contribution in [2.24, 2.45) is 0 Å². The Morgan fingerprint density at radius 1 is 1.21 bits per heavy atom. The van der Waals surface area contributed by atoms with Gasteiger partial charge in [-0.05, 0) is 19.1 Å². The molecule has 2 amide bonds. The molecule has 2 aromatic rings. The molecule has 1 heterocycles. The average Bonchev–Trinajstić information content (AvgIpc) is 2.91. The predicted molar refractivity (Wildman–Crippen MR) is 87.6 cm³/mol. The molecule has 0 aliphatic heterocycles. The zero-order chi connectivity index (χ0) is 17.9. The summed E-state index contributed by atoms with van der Waals surface area (Å²) >= 11 is 0.775. The van der Waals surface area contributed by atoms with Crippen molar-refractivity contribution in [2.75, 3.05) is 5.32 Å². The van der Waals surface area contributed by atoms with Crippen LogP contribution in [0.25, 0.3) is 0 Å². The van der Waals surface area contributed by atoms with Crippen LogP contribution in [0.4, 0.5) is 5.13 Å². The largest absolute Gasteiger partial charge is 0.354 e. The second-order valence-corrected chi connectivity index (χ2v) is 7.66. The molecule has 0 aliphatic carbocycles. The van der Waals surface area contributed by atoms with Crippen LogP contribution >= 0.6 is 18.9 Å². The van der Waals surface area contributed by atoms with Crippen LogP contribution < -0.4 is 10.6 Å². The average molecular weight is 370 g/mol. The van der Waals surface area contributed by atoms with E-state index in [0.29, 0.717) is 0 Å². The second-order valence-electron chi connectivity index (χ2n) is 4.96. The lowest BCUT2D eigenvalue weighted by Gasteiger charge is -2.17. The number of nitrogens with zero attached hydrogens (tertiary/aromatic N) is 2. The monoisotopic (exact) mass is 370 g/mol. The first-order valence-electron chi connectivity index (χ1n) is 6.70. The zero-order valence-electron chi connectivity index (χ0n) is 12.8. The highest BCUT2D eigenvalue weighted by Crippen LogP contribution is 2.50. The molecule has 0 spiro atoms. The number of nitrogens with one attached hydrogen (secondary N) is 2. The summed E-state index contributed by atoms with van der Waals surface area (Å²) in [5, 5.41) is 11.9. The van der Waals surface area contributed by atoms with Crippen LogP contribution in [0.5, 0.6) is 0 Å². The normalized spacial score (nSPS) is 12.5. The van der Waals surface area contributed by atoms with Crippen molar-refractivity contribution in [1.82, 2.24) is 15.5 Å². The number of rotatable bonds is 5. The molecule has 0 saturated heterocycles. The van der Waals surface area contributed by atoms with Gasteiger partial charge in [-0.15, -0.1) is 10.2 Å². The summed E-state index contributed by atoms with van der Waals surface area (Å²) in [4.78, 5) is 42.2. The van der Waals surface area contributed by atoms with Crippen molar-refractivity contribution < 1.29 is 23.9 Å². The van der Waals surface area contributed by atoms with E-state index in [1.807, 2.05) is 6.92 Å². The molecule has 4 N–H and O–H groups in total. The van der Waals surface area contributed by atoms with Gasteiger partial charge >= 0.3 is 7.60 Å². The fraction of sp³-hybridized carbons (Fsp3) is 0.231. The fourth-order valence-corrected chi connectivity index (χ4v) is 3.67. The Kier molecular flexibility index (Phi) is 5.45. The summed E-state index contributed by atoms with van der Waals surface area (Å²) in [5.74, 6) is -2.69. The van der Waals surface area contributed by atoms with Crippen LogP contribution in [0.15, 0.2) is 24.3 Å². The van der Waals surface area contributed by atoms with Crippen molar-refractivity contribution >= 4 is 35.9 Å². The number of anilines is 1. The number of hydrogen-bond acceptors (Lipinski definition) is 6. The Morgan fingerprint density at radius 3 is 2.38 bits per heavy atom.